The van der Waals surface area contributed by atoms with Crippen molar-refractivity contribution in [3.63, 3.8) is 0 Å². The van der Waals surface area contributed by atoms with Crippen LogP contribution in [0.15, 0.2) is 48.6 Å². The van der Waals surface area contributed by atoms with E-state index in [9.17, 15) is 39.8 Å². The van der Waals surface area contributed by atoms with E-state index in [0.29, 0.717) is 13.0 Å². The topological polar surface area (TPSA) is 192 Å². The Balaban J connectivity index is 2.40. The molecule has 60 heavy (non-hydrogen) atoms. The number of carbonyl (C=O) groups excluding carboxylic acids is 1. The van der Waals surface area contributed by atoms with Crippen LogP contribution in [0.4, 0.5) is 0 Å². The Kier molecular flexibility index (Phi) is 35.5. The molecule has 0 aromatic rings. The monoisotopic (exact) mass is 873 g/mol. The summed E-state index contributed by atoms with van der Waals surface area (Å²) in [5.74, 6) is -0.516. The molecule has 0 aromatic heterocycles. The van der Waals surface area contributed by atoms with Crippen LogP contribution in [0.25, 0.3) is 0 Å². The molecule has 13 heteroatoms. The second kappa shape index (κ2) is 37.8. The highest BCUT2D eigenvalue weighted by Crippen LogP contribution is 2.47. The van der Waals surface area contributed by atoms with Crippen LogP contribution in [0, 0.1) is 0 Å². The number of carbonyl (C=O) groups is 1. The highest BCUT2D eigenvalue weighted by Gasteiger charge is 2.51. The van der Waals surface area contributed by atoms with E-state index < -0.39 is 63.1 Å². The summed E-state index contributed by atoms with van der Waals surface area (Å²) in [5, 5.41) is 50.2. The van der Waals surface area contributed by atoms with Gasteiger partial charge in [-0.05, 0) is 51.4 Å². The zero-order valence-electron chi connectivity index (χ0n) is 37.2. The van der Waals surface area contributed by atoms with Gasteiger partial charge in [-0.15, -0.1) is 0 Å². The van der Waals surface area contributed by atoms with Gasteiger partial charge in [0.25, 0.3) is 0 Å². The van der Waals surface area contributed by atoms with Crippen molar-refractivity contribution in [3.8, 4) is 0 Å². The minimum Gasteiger partial charge on any atom is -0.457 e. The maximum atomic E-state index is 12.8. The van der Waals surface area contributed by atoms with Crippen LogP contribution >= 0.6 is 7.82 Å². The fraction of sp³-hybridized carbons (Fsp3) is 0.809. The Morgan fingerprint density at radius 1 is 0.550 bits per heavy atom. The van der Waals surface area contributed by atoms with Crippen LogP contribution in [-0.2, 0) is 27.9 Å². The van der Waals surface area contributed by atoms with Gasteiger partial charge in [-0.3, -0.25) is 13.8 Å². The van der Waals surface area contributed by atoms with Gasteiger partial charge < -0.3 is 39.9 Å². The molecule has 6 N–H and O–H groups in total. The van der Waals surface area contributed by atoms with Gasteiger partial charge in [-0.1, -0.05) is 172 Å². The first-order valence-corrected chi connectivity index (χ1v) is 25.0. The molecular weight excluding hydrogens is 787 g/mol. The van der Waals surface area contributed by atoms with E-state index in [-0.39, 0.29) is 13.0 Å². The number of aliphatic hydroxyl groups excluding tert-OH is 5. The lowest BCUT2D eigenvalue weighted by Gasteiger charge is -2.41. The molecule has 350 valence electrons. The van der Waals surface area contributed by atoms with Crippen LogP contribution in [0.5, 0.6) is 0 Å². The van der Waals surface area contributed by atoms with E-state index in [0.717, 1.165) is 57.8 Å². The number of ether oxygens (including phenoxy) is 2. The smallest absolute Gasteiger partial charge is 0.457 e. The summed E-state index contributed by atoms with van der Waals surface area (Å²) >= 11 is 0. The van der Waals surface area contributed by atoms with Gasteiger partial charge in [-0.2, -0.15) is 0 Å². The van der Waals surface area contributed by atoms with Crippen LogP contribution in [-0.4, -0.2) is 98.9 Å². The second-order valence-corrected chi connectivity index (χ2v) is 17.6. The van der Waals surface area contributed by atoms with Gasteiger partial charge >= 0.3 is 13.8 Å². The zero-order valence-corrected chi connectivity index (χ0v) is 38.1. The SMILES string of the molecule is CC/C=C\C/C=C\C/C=C\C/C=C\CCCCC(=O)OC(COCCCCCCCCCCCCCCCCCCCC)COP(=O)(O)OC1C(O)C(O)C(O)C(O)C1O. The fourth-order valence-electron chi connectivity index (χ4n) is 6.99. The van der Waals surface area contributed by atoms with Crippen molar-refractivity contribution in [1.82, 2.24) is 0 Å². The number of unbranched alkanes of at least 4 members (excludes halogenated alkanes) is 19. The van der Waals surface area contributed by atoms with Gasteiger partial charge in [-0.25, -0.2) is 4.57 Å². The van der Waals surface area contributed by atoms with Gasteiger partial charge in [0, 0.05) is 13.0 Å². The molecule has 6 unspecified atom stereocenters. The molecule has 0 bridgehead atoms. The molecule has 0 aromatic carbocycles. The van der Waals surface area contributed by atoms with Crippen molar-refractivity contribution in [3.05, 3.63) is 48.6 Å². The van der Waals surface area contributed by atoms with Crippen LogP contribution < -0.4 is 0 Å². The summed E-state index contributed by atoms with van der Waals surface area (Å²) in [6, 6.07) is 0. The van der Waals surface area contributed by atoms with E-state index in [4.69, 9.17) is 18.5 Å². The first-order chi connectivity index (χ1) is 29.0. The maximum Gasteiger partial charge on any atom is 0.472 e. The van der Waals surface area contributed by atoms with Gasteiger partial charge in [0.15, 0.2) is 0 Å². The summed E-state index contributed by atoms with van der Waals surface area (Å²) in [6.45, 7) is 4.11. The molecule has 0 spiro atoms. The molecule has 0 saturated heterocycles. The van der Waals surface area contributed by atoms with Crippen molar-refractivity contribution in [2.45, 2.75) is 224 Å². The zero-order chi connectivity index (χ0) is 44.1. The second-order valence-electron chi connectivity index (χ2n) is 16.2. The Morgan fingerprint density at radius 3 is 1.47 bits per heavy atom. The van der Waals surface area contributed by atoms with Crippen molar-refractivity contribution in [1.29, 1.82) is 0 Å². The lowest BCUT2D eigenvalue weighted by molar-refractivity contribution is -0.220. The highest BCUT2D eigenvalue weighted by molar-refractivity contribution is 7.47. The number of phosphoric ester groups is 1. The molecule has 1 rings (SSSR count). The van der Waals surface area contributed by atoms with Gasteiger partial charge in [0.1, 0.15) is 42.7 Å². The number of rotatable bonds is 39. The molecule has 0 heterocycles. The highest BCUT2D eigenvalue weighted by atomic mass is 31.2. The average molecular weight is 873 g/mol. The van der Waals surface area contributed by atoms with Crippen molar-refractivity contribution in [2.24, 2.45) is 0 Å². The molecule has 0 radical (unpaired) electrons. The number of aliphatic hydroxyl groups is 5. The Bertz CT molecular complexity index is 1180. The summed E-state index contributed by atoms with van der Waals surface area (Å²) in [5.41, 5.74) is 0. The van der Waals surface area contributed by atoms with Gasteiger partial charge in [0.05, 0.1) is 13.2 Å². The summed E-state index contributed by atoms with van der Waals surface area (Å²) in [7, 11) is -5.03. The number of hydrogen-bond acceptors (Lipinski definition) is 11. The first kappa shape index (κ1) is 56.3. The predicted octanol–water partition coefficient (Wildman–Crippen LogP) is 9.64. The van der Waals surface area contributed by atoms with Crippen molar-refractivity contribution in [2.75, 3.05) is 19.8 Å². The van der Waals surface area contributed by atoms with Gasteiger partial charge in [0.2, 0.25) is 0 Å². The van der Waals surface area contributed by atoms with Crippen LogP contribution in [0.1, 0.15) is 181 Å². The maximum absolute atomic E-state index is 12.8. The van der Waals surface area contributed by atoms with Crippen molar-refractivity contribution >= 4 is 13.8 Å². The third-order valence-electron chi connectivity index (χ3n) is 10.7. The summed E-state index contributed by atoms with van der Waals surface area (Å²) in [6.07, 6.45) is 33.3. The quantitative estimate of drug-likeness (QED) is 0.0149. The van der Waals surface area contributed by atoms with Crippen molar-refractivity contribution < 1.29 is 58.3 Å². The number of allylic oxidation sites excluding steroid dienone is 8. The molecule has 0 amide bonds. The molecule has 1 aliphatic rings. The minimum atomic E-state index is -5.03. The van der Waals surface area contributed by atoms with Crippen LogP contribution in [0.3, 0.4) is 0 Å². The standard InChI is InChI=1S/C47H85O12P/c1-3-5-7-9-11-13-15-17-19-20-21-23-25-27-29-31-33-35-37-56-38-40(39-57-60(54,55)59-47-45(52)43(50)42(49)44(51)46(47)53)58-41(48)36-34-32-30-28-26-24-22-18-16-14-12-10-8-6-4-2/h6,8,12,14,18,22,26,28,40,42-47,49-53H,3-5,7,9-11,13,15-17,19-21,23-25,27,29-39H2,1-2H3,(H,54,55)/b8-6-,14-12-,22-18-,28-26-. The van der Waals surface area contributed by atoms with E-state index >= 15 is 0 Å². The normalized spacial score (nSPS) is 22.7. The molecular formula is C47H85O12P. The Labute approximate surface area is 363 Å². The third-order valence-corrected chi connectivity index (χ3v) is 11.7. The lowest BCUT2D eigenvalue weighted by atomic mass is 9.85. The molecule has 6 atom stereocenters. The summed E-state index contributed by atoms with van der Waals surface area (Å²) < 4.78 is 34.1. The average Bonchev–Trinajstić information content (AvgIpc) is 3.23. The number of hydrogen-bond donors (Lipinski definition) is 6. The van der Waals surface area contributed by atoms with E-state index in [2.05, 4.69) is 62.5 Å². The number of phosphoric acid groups is 1. The lowest BCUT2D eigenvalue weighted by Crippen LogP contribution is -2.64. The molecule has 1 saturated carbocycles. The molecule has 1 aliphatic carbocycles. The predicted molar refractivity (Wildman–Crippen MR) is 239 cm³/mol. The van der Waals surface area contributed by atoms with Crippen LogP contribution in [0.2, 0.25) is 0 Å². The summed E-state index contributed by atoms with van der Waals surface area (Å²) in [4.78, 5) is 23.1. The molecule has 12 nitrogen and oxygen atoms in total. The Hall–Kier alpha value is -1.70. The Morgan fingerprint density at radius 2 is 0.983 bits per heavy atom. The molecule has 0 aliphatic heterocycles. The van der Waals surface area contributed by atoms with E-state index in [1.807, 2.05) is 0 Å². The first-order valence-electron chi connectivity index (χ1n) is 23.5. The fourth-order valence-corrected chi connectivity index (χ4v) is 7.97. The largest absolute Gasteiger partial charge is 0.472 e. The third kappa shape index (κ3) is 29.6. The molecule has 1 fully saturated rings. The number of esters is 1. The van der Waals surface area contributed by atoms with E-state index in [1.54, 1.807) is 0 Å². The van der Waals surface area contributed by atoms with E-state index in [1.165, 1.54) is 96.3 Å². The minimum absolute atomic E-state index is 0.0923.